The summed E-state index contributed by atoms with van der Waals surface area (Å²) in [5.41, 5.74) is 1.57. The Morgan fingerprint density at radius 2 is 1.92 bits per heavy atom. The van der Waals surface area contributed by atoms with Crippen molar-refractivity contribution in [2.75, 3.05) is 11.9 Å². The van der Waals surface area contributed by atoms with Gasteiger partial charge in [-0.25, -0.2) is 0 Å². The topological polar surface area (TPSA) is 84.0 Å². The molecule has 0 radical (unpaired) electrons. The van der Waals surface area contributed by atoms with Crippen LogP contribution in [-0.4, -0.2) is 28.6 Å². The summed E-state index contributed by atoms with van der Waals surface area (Å²) in [4.78, 5) is 23.7. The van der Waals surface area contributed by atoms with Crippen LogP contribution in [-0.2, 0) is 4.79 Å². The quantitative estimate of drug-likeness (QED) is 0.709. The first kappa shape index (κ1) is 16.3. The summed E-state index contributed by atoms with van der Waals surface area (Å²) >= 11 is 2.77. The monoisotopic (exact) mass is 358 g/mol. The van der Waals surface area contributed by atoms with E-state index in [2.05, 4.69) is 20.8 Å². The normalized spacial score (nSPS) is 10.3. The van der Waals surface area contributed by atoms with E-state index in [0.717, 1.165) is 10.6 Å². The van der Waals surface area contributed by atoms with Crippen molar-refractivity contribution in [3.63, 3.8) is 0 Å². The van der Waals surface area contributed by atoms with Gasteiger partial charge in [0.1, 0.15) is 5.01 Å². The van der Waals surface area contributed by atoms with Crippen molar-refractivity contribution in [1.82, 2.24) is 15.5 Å². The van der Waals surface area contributed by atoms with Gasteiger partial charge in [0.2, 0.25) is 11.0 Å². The second kappa shape index (κ2) is 7.80. The Labute approximate surface area is 146 Å². The average Bonchev–Trinajstić information content (AvgIpc) is 3.27. The van der Waals surface area contributed by atoms with E-state index in [0.29, 0.717) is 10.7 Å². The molecule has 3 aromatic rings. The van der Waals surface area contributed by atoms with Crippen LogP contribution in [0.2, 0.25) is 0 Å². The van der Waals surface area contributed by atoms with E-state index in [1.165, 1.54) is 22.7 Å². The Bertz CT molecular complexity index is 816. The summed E-state index contributed by atoms with van der Waals surface area (Å²) in [5.74, 6) is -0.386. The van der Waals surface area contributed by atoms with E-state index in [1.807, 2.05) is 35.7 Å². The maximum Gasteiger partial charge on any atom is 0.252 e. The minimum absolute atomic E-state index is 0.175. The van der Waals surface area contributed by atoms with Crippen LogP contribution >= 0.6 is 22.7 Å². The molecule has 122 valence electrons. The standard InChI is InChI=1S/C16H14N4O2S2/c21-13(6-8-17-14(22)12-7-9-23-10-12)18-16-20-19-15(24-16)11-4-2-1-3-5-11/h1-5,7,9-10H,6,8H2,(H,17,22)(H,18,20,21). The number of thiophene rings is 1. The maximum absolute atomic E-state index is 11.9. The molecule has 3 rings (SSSR count). The van der Waals surface area contributed by atoms with Gasteiger partial charge in [0.25, 0.3) is 5.91 Å². The van der Waals surface area contributed by atoms with Crippen molar-refractivity contribution < 1.29 is 9.59 Å². The molecule has 0 bridgehead atoms. The molecule has 0 fully saturated rings. The predicted molar refractivity (Wildman–Crippen MR) is 95.2 cm³/mol. The summed E-state index contributed by atoms with van der Waals surface area (Å²) in [6.45, 7) is 0.269. The van der Waals surface area contributed by atoms with Gasteiger partial charge < -0.3 is 10.6 Å². The van der Waals surface area contributed by atoms with Gasteiger partial charge in [-0.1, -0.05) is 41.7 Å². The molecule has 0 atom stereocenters. The fourth-order valence-corrected chi connectivity index (χ4v) is 3.34. The highest BCUT2D eigenvalue weighted by Gasteiger charge is 2.10. The van der Waals surface area contributed by atoms with Crippen molar-refractivity contribution in [2.45, 2.75) is 6.42 Å². The van der Waals surface area contributed by atoms with E-state index in [9.17, 15) is 9.59 Å². The molecule has 0 spiro atoms. The molecule has 6 nitrogen and oxygen atoms in total. The van der Waals surface area contributed by atoms with Gasteiger partial charge in [-0.15, -0.1) is 10.2 Å². The molecule has 8 heteroatoms. The summed E-state index contributed by atoms with van der Waals surface area (Å²) in [7, 11) is 0. The summed E-state index contributed by atoms with van der Waals surface area (Å²) in [6, 6.07) is 11.4. The Morgan fingerprint density at radius 3 is 2.67 bits per heavy atom. The number of rotatable bonds is 6. The summed E-state index contributed by atoms with van der Waals surface area (Å²) in [6.07, 6.45) is 0.177. The molecule has 2 aromatic heterocycles. The molecule has 0 aliphatic heterocycles. The molecular formula is C16H14N4O2S2. The first-order valence-electron chi connectivity index (χ1n) is 7.21. The number of benzene rings is 1. The molecule has 24 heavy (non-hydrogen) atoms. The van der Waals surface area contributed by atoms with Gasteiger partial charge in [-0.3, -0.25) is 9.59 Å². The molecule has 2 N–H and O–H groups in total. The molecule has 2 heterocycles. The van der Waals surface area contributed by atoms with Gasteiger partial charge in [-0.2, -0.15) is 11.3 Å². The van der Waals surface area contributed by atoms with Crippen LogP contribution < -0.4 is 10.6 Å². The molecule has 1 aromatic carbocycles. The van der Waals surface area contributed by atoms with Crippen molar-refractivity contribution in [3.05, 3.63) is 52.7 Å². The highest BCUT2D eigenvalue weighted by atomic mass is 32.1. The fraction of sp³-hybridized carbons (Fsp3) is 0.125. The summed E-state index contributed by atoms with van der Waals surface area (Å²) < 4.78 is 0. The Kier molecular flexibility index (Phi) is 5.29. The zero-order chi connectivity index (χ0) is 16.8. The van der Waals surface area contributed by atoms with Crippen LogP contribution in [0.5, 0.6) is 0 Å². The molecule has 0 aliphatic rings. The van der Waals surface area contributed by atoms with E-state index in [-0.39, 0.29) is 24.8 Å². The lowest BCUT2D eigenvalue weighted by atomic mass is 10.2. The third kappa shape index (κ3) is 4.24. The molecular weight excluding hydrogens is 344 g/mol. The van der Waals surface area contributed by atoms with E-state index < -0.39 is 0 Å². The van der Waals surface area contributed by atoms with Crippen LogP contribution in [0.15, 0.2) is 47.2 Å². The van der Waals surface area contributed by atoms with Crippen molar-refractivity contribution in [2.24, 2.45) is 0 Å². The minimum atomic E-state index is -0.212. The number of carbonyl (C=O) groups is 2. The van der Waals surface area contributed by atoms with Crippen molar-refractivity contribution in [1.29, 1.82) is 0 Å². The number of hydrogen-bond donors (Lipinski definition) is 2. The van der Waals surface area contributed by atoms with Gasteiger partial charge >= 0.3 is 0 Å². The number of nitrogens with zero attached hydrogens (tertiary/aromatic N) is 2. The van der Waals surface area contributed by atoms with Crippen molar-refractivity contribution >= 4 is 39.6 Å². The van der Waals surface area contributed by atoms with Gasteiger partial charge in [0.05, 0.1) is 0 Å². The molecule has 2 amide bonds. The van der Waals surface area contributed by atoms with E-state index in [1.54, 1.807) is 11.4 Å². The smallest absolute Gasteiger partial charge is 0.252 e. The third-order valence-electron chi connectivity index (χ3n) is 3.11. The van der Waals surface area contributed by atoms with Crippen LogP contribution in [0.4, 0.5) is 5.13 Å². The average molecular weight is 358 g/mol. The predicted octanol–water partition coefficient (Wildman–Crippen LogP) is 3.03. The van der Waals surface area contributed by atoms with Crippen LogP contribution in [0.25, 0.3) is 10.6 Å². The molecule has 0 saturated carbocycles. The van der Waals surface area contributed by atoms with E-state index >= 15 is 0 Å². The molecule has 0 unspecified atom stereocenters. The van der Waals surface area contributed by atoms with Gasteiger partial charge in [0, 0.05) is 29.5 Å². The van der Waals surface area contributed by atoms with Crippen molar-refractivity contribution in [3.8, 4) is 10.6 Å². The molecule has 0 saturated heterocycles. The summed E-state index contributed by atoms with van der Waals surface area (Å²) in [5, 5.41) is 18.2. The van der Waals surface area contributed by atoms with Gasteiger partial charge in [0.15, 0.2) is 0 Å². The zero-order valence-corrected chi connectivity index (χ0v) is 14.2. The zero-order valence-electron chi connectivity index (χ0n) is 12.6. The second-order valence-corrected chi connectivity index (χ2v) is 6.60. The number of nitrogens with one attached hydrogen (secondary N) is 2. The Hall–Kier alpha value is -2.58. The lowest BCUT2D eigenvalue weighted by molar-refractivity contribution is -0.116. The number of anilines is 1. The van der Waals surface area contributed by atoms with Crippen LogP contribution in [0.1, 0.15) is 16.8 Å². The number of aromatic nitrogens is 2. The molecule has 0 aliphatic carbocycles. The Balaban J connectivity index is 1.47. The third-order valence-corrected chi connectivity index (χ3v) is 4.68. The number of amides is 2. The SMILES string of the molecule is O=C(CCNC(=O)c1ccsc1)Nc1nnc(-c2ccccc2)s1. The lowest BCUT2D eigenvalue weighted by Gasteiger charge is -2.03. The fourth-order valence-electron chi connectivity index (χ4n) is 1.94. The first-order chi connectivity index (χ1) is 11.7. The second-order valence-electron chi connectivity index (χ2n) is 4.84. The van der Waals surface area contributed by atoms with E-state index in [4.69, 9.17) is 0 Å². The number of hydrogen-bond acceptors (Lipinski definition) is 6. The van der Waals surface area contributed by atoms with Gasteiger partial charge in [-0.05, 0) is 11.4 Å². The Morgan fingerprint density at radius 1 is 1.08 bits per heavy atom. The lowest BCUT2D eigenvalue weighted by Crippen LogP contribution is -2.27. The first-order valence-corrected chi connectivity index (χ1v) is 8.97. The minimum Gasteiger partial charge on any atom is -0.351 e. The largest absolute Gasteiger partial charge is 0.351 e. The highest BCUT2D eigenvalue weighted by molar-refractivity contribution is 7.18. The highest BCUT2D eigenvalue weighted by Crippen LogP contribution is 2.25. The van der Waals surface area contributed by atoms with Crippen LogP contribution in [0, 0.1) is 0 Å². The van der Waals surface area contributed by atoms with Crippen LogP contribution in [0.3, 0.4) is 0 Å². The number of carbonyl (C=O) groups excluding carboxylic acids is 2. The maximum atomic E-state index is 11.9.